The van der Waals surface area contributed by atoms with Crippen LogP contribution in [0.5, 0.6) is 0 Å². The summed E-state index contributed by atoms with van der Waals surface area (Å²) < 4.78 is 0. The van der Waals surface area contributed by atoms with E-state index in [9.17, 15) is 4.79 Å². The monoisotopic (exact) mass is 260 g/mol. The predicted octanol–water partition coefficient (Wildman–Crippen LogP) is 2.54. The first kappa shape index (κ1) is 16.8. The predicted molar refractivity (Wildman–Crippen MR) is 77.3 cm³/mol. The Kier molecular flexibility index (Phi) is 8.70. The summed E-state index contributed by atoms with van der Waals surface area (Å²) in [7, 11) is 0. The molecule has 17 heavy (non-hydrogen) atoms. The quantitative estimate of drug-likeness (QED) is 0.594. The van der Waals surface area contributed by atoms with E-state index in [4.69, 9.17) is 5.73 Å². The Bertz CT molecular complexity index is 223. The average molecular weight is 260 g/mol. The van der Waals surface area contributed by atoms with E-state index in [0.717, 1.165) is 13.0 Å². The topological polar surface area (TPSA) is 55.1 Å². The van der Waals surface area contributed by atoms with Crippen molar-refractivity contribution in [3.8, 4) is 0 Å². The van der Waals surface area contributed by atoms with Crippen molar-refractivity contribution in [3.63, 3.8) is 0 Å². The van der Waals surface area contributed by atoms with Crippen molar-refractivity contribution < 1.29 is 4.79 Å². The fraction of sp³-hybridized carbons (Fsp3) is 0.923. The lowest BCUT2D eigenvalue weighted by molar-refractivity contribution is -0.124. The first-order valence-corrected chi connectivity index (χ1v) is 7.67. The number of unbranched alkanes of at least 4 members (excludes halogenated alkanes) is 2. The summed E-state index contributed by atoms with van der Waals surface area (Å²) in [6.45, 7) is 9.06. The Morgan fingerprint density at radius 2 is 2.06 bits per heavy atom. The van der Waals surface area contributed by atoms with E-state index in [0.29, 0.717) is 5.25 Å². The molecule has 0 radical (unpaired) electrons. The van der Waals surface area contributed by atoms with Crippen LogP contribution in [-0.4, -0.2) is 29.0 Å². The molecule has 0 saturated carbocycles. The number of nitrogens with two attached hydrogens (primary N) is 1. The molecule has 0 aromatic heterocycles. The molecular formula is C13H28N2OS. The molecule has 0 aliphatic rings. The Labute approximate surface area is 110 Å². The Hall–Kier alpha value is -0.220. The van der Waals surface area contributed by atoms with Gasteiger partial charge in [-0.3, -0.25) is 4.79 Å². The lowest BCUT2D eigenvalue weighted by Gasteiger charge is -2.29. The van der Waals surface area contributed by atoms with Crippen LogP contribution in [0.25, 0.3) is 0 Å². The van der Waals surface area contributed by atoms with Crippen LogP contribution in [0, 0.1) is 0 Å². The molecule has 102 valence electrons. The molecule has 0 spiro atoms. The minimum absolute atomic E-state index is 0.250. The highest BCUT2D eigenvalue weighted by molar-refractivity contribution is 7.99. The number of primary amides is 1. The molecule has 0 bridgehead atoms. The SMILES string of the molecule is CCCCCSC(C)CC(C)(NCC)C(N)=O. The zero-order valence-electron chi connectivity index (χ0n) is 11.7. The zero-order chi connectivity index (χ0) is 13.3. The third kappa shape index (κ3) is 6.94. The van der Waals surface area contributed by atoms with Crippen LogP contribution in [0.3, 0.4) is 0 Å². The van der Waals surface area contributed by atoms with Gasteiger partial charge in [-0.1, -0.05) is 33.6 Å². The van der Waals surface area contributed by atoms with E-state index in [1.807, 2.05) is 25.6 Å². The third-order valence-electron chi connectivity index (χ3n) is 2.96. The second kappa shape index (κ2) is 8.81. The molecule has 2 atom stereocenters. The van der Waals surface area contributed by atoms with Crippen molar-refractivity contribution in [2.75, 3.05) is 12.3 Å². The normalized spacial score (nSPS) is 16.5. The minimum Gasteiger partial charge on any atom is -0.368 e. The van der Waals surface area contributed by atoms with Crippen LogP contribution in [0.1, 0.15) is 53.4 Å². The van der Waals surface area contributed by atoms with Crippen LogP contribution in [-0.2, 0) is 4.79 Å². The maximum Gasteiger partial charge on any atom is 0.237 e. The van der Waals surface area contributed by atoms with Crippen LogP contribution in [0.2, 0.25) is 0 Å². The van der Waals surface area contributed by atoms with Crippen molar-refractivity contribution in [1.29, 1.82) is 0 Å². The van der Waals surface area contributed by atoms with Gasteiger partial charge in [0.2, 0.25) is 5.91 Å². The van der Waals surface area contributed by atoms with E-state index in [1.54, 1.807) is 0 Å². The van der Waals surface area contributed by atoms with Crippen LogP contribution in [0.15, 0.2) is 0 Å². The number of hydrogen-bond donors (Lipinski definition) is 2. The molecular weight excluding hydrogens is 232 g/mol. The molecule has 3 N–H and O–H groups in total. The summed E-state index contributed by atoms with van der Waals surface area (Å²) in [5, 5.41) is 3.66. The Morgan fingerprint density at radius 3 is 2.53 bits per heavy atom. The highest BCUT2D eigenvalue weighted by atomic mass is 32.2. The summed E-state index contributed by atoms with van der Waals surface area (Å²) in [4.78, 5) is 11.5. The van der Waals surface area contributed by atoms with Crippen LogP contribution in [0.4, 0.5) is 0 Å². The third-order valence-corrected chi connectivity index (χ3v) is 4.22. The van der Waals surface area contributed by atoms with E-state index < -0.39 is 5.54 Å². The van der Waals surface area contributed by atoms with Gasteiger partial charge in [0.15, 0.2) is 0 Å². The summed E-state index contributed by atoms with van der Waals surface area (Å²) in [5.74, 6) is 0.927. The van der Waals surface area contributed by atoms with Gasteiger partial charge in [-0.15, -0.1) is 0 Å². The molecule has 1 amide bonds. The first-order valence-electron chi connectivity index (χ1n) is 6.62. The molecule has 2 unspecified atom stereocenters. The number of thioether (sulfide) groups is 1. The van der Waals surface area contributed by atoms with Gasteiger partial charge in [-0.2, -0.15) is 11.8 Å². The maximum atomic E-state index is 11.5. The maximum absolute atomic E-state index is 11.5. The summed E-state index contributed by atoms with van der Waals surface area (Å²) in [6, 6.07) is 0. The van der Waals surface area contributed by atoms with Gasteiger partial charge >= 0.3 is 0 Å². The standard InChI is InChI=1S/C13H28N2OS/c1-5-7-8-9-17-11(3)10-13(4,12(14)16)15-6-2/h11,15H,5-10H2,1-4H3,(H2,14,16). The van der Waals surface area contributed by atoms with Gasteiger partial charge in [0.05, 0.1) is 5.54 Å². The number of carbonyl (C=O) groups is 1. The Balaban J connectivity index is 4.04. The van der Waals surface area contributed by atoms with Gasteiger partial charge in [0, 0.05) is 5.25 Å². The molecule has 0 aliphatic carbocycles. The van der Waals surface area contributed by atoms with Crippen LogP contribution < -0.4 is 11.1 Å². The fourth-order valence-electron chi connectivity index (χ4n) is 1.92. The van der Waals surface area contributed by atoms with Crippen LogP contribution >= 0.6 is 11.8 Å². The van der Waals surface area contributed by atoms with Gasteiger partial charge in [-0.25, -0.2) is 0 Å². The van der Waals surface area contributed by atoms with Crippen molar-refractivity contribution in [2.24, 2.45) is 5.73 Å². The highest BCUT2D eigenvalue weighted by Gasteiger charge is 2.31. The summed E-state index contributed by atoms with van der Waals surface area (Å²) >= 11 is 1.94. The largest absolute Gasteiger partial charge is 0.368 e. The molecule has 0 heterocycles. The van der Waals surface area contributed by atoms with Gasteiger partial charge in [0.1, 0.15) is 0 Å². The lowest BCUT2D eigenvalue weighted by atomic mass is 9.95. The molecule has 0 aliphatic heterocycles. The minimum atomic E-state index is -0.564. The highest BCUT2D eigenvalue weighted by Crippen LogP contribution is 2.23. The van der Waals surface area contributed by atoms with Crippen molar-refractivity contribution in [1.82, 2.24) is 5.32 Å². The molecule has 0 aromatic rings. The smallest absolute Gasteiger partial charge is 0.237 e. The molecule has 0 rings (SSSR count). The zero-order valence-corrected chi connectivity index (χ0v) is 12.5. The summed E-state index contributed by atoms with van der Waals surface area (Å²) in [6.07, 6.45) is 4.61. The number of rotatable bonds is 10. The number of likely N-dealkylation sites (N-methyl/N-ethyl adjacent to an activating group) is 1. The molecule has 0 fully saturated rings. The number of hydrogen-bond acceptors (Lipinski definition) is 3. The first-order chi connectivity index (χ1) is 7.96. The Morgan fingerprint density at radius 1 is 1.41 bits per heavy atom. The molecule has 4 heteroatoms. The van der Waals surface area contributed by atoms with E-state index in [2.05, 4.69) is 19.2 Å². The number of carbonyl (C=O) groups excluding carboxylic acids is 1. The lowest BCUT2D eigenvalue weighted by Crippen LogP contribution is -2.54. The van der Waals surface area contributed by atoms with Crippen molar-refractivity contribution >= 4 is 17.7 Å². The van der Waals surface area contributed by atoms with Crippen molar-refractivity contribution in [3.05, 3.63) is 0 Å². The molecule has 0 saturated heterocycles. The van der Waals surface area contributed by atoms with Crippen molar-refractivity contribution in [2.45, 2.75) is 64.2 Å². The molecule has 3 nitrogen and oxygen atoms in total. The second-order valence-electron chi connectivity index (χ2n) is 4.82. The van der Waals surface area contributed by atoms with Gasteiger partial charge < -0.3 is 11.1 Å². The number of nitrogens with one attached hydrogen (secondary N) is 1. The fourth-order valence-corrected chi connectivity index (χ4v) is 3.14. The van der Waals surface area contributed by atoms with E-state index in [1.165, 1.54) is 25.0 Å². The average Bonchev–Trinajstić information content (AvgIpc) is 2.24. The van der Waals surface area contributed by atoms with E-state index in [-0.39, 0.29) is 5.91 Å². The molecule has 0 aromatic carbocycles. The second-order valence-corrected chi connectivity index (χ2v) is 6.37. The van der Waals surface area contributed by atoms with Gasteiger partial charge in [-0.05, 0) is 32.1 Å². The van der Waals surface area contributed by atoms with E-state index >= 15 is 0 Å². The van der Waals surface area contributed by atoms with Gasteiger partial charge in [0.25, 0.3) is 0 Å². The number of amides is 1. The summed E-state index contributed by atoms with van der Waals surface area (Å²) in [5.41, 5.74) is 4.91.